The number of carbonyl (C=O) groups is 1. The van der Waals surface area contributed by atoms with Gasteiger partial charge in [0, 0.05) is 6.92 Å². The van der Waals surface area contributed by atoms with Crippen LogP contribution in [0.3, 0.4) is 0 Å². The topological polar surface area (TPSA) is 35.5 Å². The van der Waals surface area contributed by atoms with Gasteiger partial charge in [-0.15, -0.1) is 6.58 Å². The van der Waals surface area contributed by atoms with Crippen molar-refractivity contribution in [1.29, 1.82) is 0 Å². The van der Waals surface area contributed by atoms with Gasteiger partial charge in [-0.05, 0) is 33.6 Å². The highest BCUT2D eigenvalue weighted by Crippen LogP contribution is 2.37. The summed E-state index contributed by atoms with van der Waals surface area (Å²) in [6.45, 7) is 10.9. The summed E-state index contributed by atoms with van der Waals surface area (Å²) < 4.78 is 11.1. The lowest BCUT2D eigenvalue weighted by atomic mass is 9.96. The van der Waals surface area contributed by atoms with Gasteiger partial charge in [-0.25, -0.2) is 0 Å². The van der Waals surface area contributed by atoms with Crippen molar-refractivity contribution in [3.63, 3.8) is 0 Å². The Morgan fingerprint density at radius 1 is 1.67 bits per heavy atom. The average molecular weight is 212 g/mol. The van der Waals surface area contributed by atoms with Gasteiger partial charge < -0.3 is 9.47 Å². The maximum atomic E-state index is 10.9. The molecule has 0 bridgehead atoms. The lowest BCUT2D eigenvalue weighted by Gasteiger charge is -2.32. The van der Waals surface area contributed by atoms with E-state index in [0.717, 1.165) is 12.8 Å². The van der Waals surface area contributed by atoms with Gasteiger partial charge in [-0.3, -0.25) is 4.79 Å². The van der Waals surface area contributed by atoms with Crippen molar-refractivity contribution in [2.75, 3.05) is 0 Å². The lowest BCUT2D eigenvalue weighted by molar-refractivity contribution is -0.171. The predicted octanol–water partition coefficient (Wildman–Crippen LogP) is 2.45. The molecule has 1 aliphatic heterocycles. The molecule has 0 radical (unpaired) electrons. The first-order chi connectivity index (χ1) is 6.79. The number of hydrogen-bond acceptors (Lipinski definition) is 3. The van der Waals surface area contributed by atoms with Crippen LogP contribution in [0.1, 0.15) is 40.5 Å². The summed E-state index contributed by atoms with van der Waals surface area (Å²) in [7, 11) is 0. The van der Waals surface area contributed by atoms with Crippen molar-refractivity contribution in [3.8, 4) is 0 Å². The molecule has 1 saturated heterocycles. The molecule has 0 aromatic rings. The standard InChI is InChI=1S/C12H20O3/c1-6-12(5)8-7-10(15-12)11(3,4)14-9(2)13/h6,10H,1,7-8H2,2-5H3/t10-,12-/m0/s1. The summed E-state index contributed by atoms with van der Waals surface area (Å²) in [4.78, 5) is 10.9. The highest BCUT2D eigenvalue weighted by Gasteiger charge is 2.43. The second kappa shape index (κ2) is 3.97. The molecule has 1 heterocycles. The third-order valence-electron chi connectivity index (χ3n) is 2.93. The Kier molecular flexibility index (Phi) is 3.24. The Labute approximate surface area is 91.4 Å². The molecule has 0 N–H and O–H groups in total. The van der Waals surface area contributed by atoms with Crippen molar-refractivity contribution < 1.29 is 14.3 Å². The zero-order chi connectivity index (χ0) is 11.7. The van der Waals surface area contributed by atoms with Gasteiger partial charge in [0.05, 0.1) is 11.7 Å². The van der Waals surface area contributed by atoms with E-state index in [1.54, 1.807) is 0 Å². The highest BCUT2D eigenvalue weighted by molar-refractivity contribution is 5.66. The molecule has 0 aliphatic carbocycles. The zero-order valence-electron chi connectivity index (χ0n) is 10.0. The lowest BCUT2D eigenvalue weighted by Crippen LogP contribution is -2.41. The summed E-state index contributed by atoms with van der Waals surface area (Å²) in [5.41, 5.74) is -0.839. The molecular formula is C12H20O3. The second-order valence-electron chi connectivity index (χ2n) is 4.86. The van der Waals surface area contributed by atoms with Gasteiger partial charge in [0.25, 0.3) is 0 Å². The molecule has 3 nitrogen and oxygen atoms in total. The maximum absolute atomic E-state index is 10.9. The van der Waals surface area contributed by atoms with Crippen LogP contribution in [0.5, 0.6) is 0 Å². The van der Waals surface area contributed by atoms with E-state index in [0.29, 0.717) is 0 Å². The number of rotatable bonds is 3. The summed E-state index contributed by atoms with van der Waals surface area (Å²) in [6, 6.07) is 0. The number of ether oxygens (including phenoxy) is 2. The molecule has 0 spiro atoms. The molecule has 0 aromatic carbocycles. The van der Waals surface area contributed by atoms with Crippen LogP contribution in [0.4, 0.5) is 0 Å². The molecule has 3 heteroatoms. The Morgan fingerprint density at radius 3 is 2.67 bits per heavy atom. The minimum absolute atomic E-state index is 0.0515. The smallest absolute Gasteiger partial charge is 0.303 e. The van der Waals surface area contributed by atoms with Crippen LogP contribution < -0.4 is 0 Å². The summed E-state index contributed by atoms with van der Waals surface area (Å²) in [5.74, 6) is -0.268. The minimum Gasteiger partial charge on any atom is -0.457 e. The van der Waals surface area contributed by atoms with Crippen molar-refractivity contribution >= 4 is 5.97 Å². The molecule has 0 amide bonds. The molecule has 1 fully saturated rings. The Bertz CT molecular complexity index is 270. The van der Waals surface area contributed by atoms with E-state index in [9.17, 15) is 4.79 Å². The monoisotopic (exact) mass is 212 g/mol. The van der Waals surface area contributed by atoms with E-state index >= 15 is 0 Å². The molecule has 1 aliphatic rings. The molecule has 0 aromatic heterocycles. The van der Waals surface area contributed by atoms with E-state index in [4.69, 9.17) is 9.47 Å². The molecule has 0 saturated carbocycles. The van der Waals surface area contributed by atoms with Gasteiger partial charge in [0.1, 0.15) is 5.60 Å². The minimum atomic E-state index is -0.563. The Balaban J connectivity index is 2.67. The van der Waals surface area contributed by atoms with E-state index in [1.807, 2.05) is 26.8 Å². The van der Waals surface area contributed by atoms with Gasteiger partial charge >= 0.3 is 5.97 Å². The highest BCUT2D eigenvalue weighted by atomic mass is 16.6. The molecule has 2 atom stereocenters. The van der Waals surface area contributed by atoms with Crippen LogP contribution in [0.2, 0.25) is 0 Å². The van der Waals surface area contributed by atoms with Crippen LogP contribution in [-0.2, 0) is 14.3 Å². The maximum Gasteiger partial charge on any atom is 0.303 e. The Hall–Kier alpha value is -0.830. The number of hydrogen-bond donors (Lipinski definition) is 0. The Morgan fingerprint density at radius 2 is 2.27 bits per heavy atom. The number of carbonyl (C=O) groups excluding carboxylic acids is 1. The second-order valence-corrected chi connectivity index (χ2v) is 4.86. The first-order valence-corrected chi connectivity index (χ1v) is 5.30. The first-order valence-electron chi connectivity index (χ1n) is 5.30. The fraction of sp³-hybridized carbons (Fsp3) is 0.750. The van der Waals surface area contributed by atoms with E-state index in [2.05, 4.69) is 6.58 Å². The molecule has 86 valence electrons. The predicted molar refractivity (Wildman–Crippen MR) is 58.6 cm³/mol. The summed E-state index contributed by atoms with van der Waals surface area (Å²) >= 11 is 0. The molecule has 0 unspecified atom stereocenters. The largest absolute Gasteiger partial charge is 0.457 e. The molecule has 1 rings (SSSR count). The van der Waals surface area contributed by atoms with Gasteiger partial charge in [-0.2, -0.15) is 0 Å². The third-order valence-corrected chi connectivity index (χ3v) is 2.93. The molecular weight excluding hydrogens is 192 g/mol. The zero-order valence-corrected chi connectivity index (χ0v) is 10.0. The van der Waals surface area contributed by atoms with Crippen LogP contribution in [0.25, 0.3) is 0 Å². The van der Waals surface area contributed by atoms with Crippen molar-refractivity contribution in [2.45, 2.75) is 57.8 Å². The normalized spacial score (nSPS) is 31.3. The summed E-state index contributed by atoms with van der Waals surface area (Å²) in [5, 5.41) is 0. The molecule has 15 heavy (non-hydrogen) atoms. The van der Waals surface area contributed by atoms with E-state index in [1.165, 1.54) is 6.92 Å². The van der Waals surface area contributed by atoms with Crippen LogP contribution in [-0.4, -0.2) is 23.3 Å². The first kappa shape index (κ1) is 12.2. The van der Waals surface area contributed by atoms with Crippen LogP contribution in [0, 0.1) is 0 Å². The van der Waals surface area contributed by atoms with Gasteiger partial charge in [0.15, 0.2) is 0 Å². The van der Waals surface area contributed by atoms with E-state index < -0.39 is 5.60 Å². The van der Waals surface area contributed by atoms with E-state index in [-0.39, 0.29) is 17.7 Å². The quantitative estimate of drug-likeness (QED) is 0.532. The fourth-order valence-corrected chi connectivity index (χ4v) is 1.94. The van der Waals surface area contributed by atoms with Crippen LogP contribution in [0.15, 0.2) is 12.7 Å². The fourth-order valence-electron chi connectivity index (χ4n) is 1.94. The van der Waals surface area contributed by atoms with Gasteiger partial charge in [0.2, 0.25) is 0 Å². The average Bonchev–Trinajstić information content (AvgIpc) is 2.47. The third kappa shape index (κ3) is 2.81. The SMILES string of the molecule is C=C[C@@]1(C)CC[C@@H](C(C)(C)OC(C)=O)O1. The van der Waals surface area contributed by atoms with Gasteiger partial charge in [-0.1, -0.05) is 6.08 Å². The number of esters is 1. The van der Waals surface area contributed by atoms with Crippen LogP contribution >= 0.6 is 0 Å². The van der Waals surface area contributed by atoms with Crippen molar-refractivity contribution in [2.24, 2.45) is 0 Å². The summed E-state index contributed by atoms with van der Waals surface area (Å²) in [6.07, 6.45) is 3.58. The van der Waals surface area contributed by atoms with Crippen molar-refractivity contribution in [1.82, 2.24) is 0 Å². The van der Waals surface area contributed by atoms with Crippen molar-refractivity contribution in [3.05, 3.63) is 12.7 Å².